The lowest BCUT2D eigenvalue weighted by atomic mass is 10.0. The van der Waals surface area contributed by atoms with Crippen LogP contribution in [0.4, 0.5) is 0 Å². The van der Waals surface area contributed by atoms with Crippen LogP contribution in [0, 0.1) is 0 Å². The first-order chi connectivity index (χ1) is 39.0. The van der Waals surface area contributed by atoms with E-state index < -0.39 is 26.5 Å². The fourth-order valence-electron chi connectivity index (χ4n) is 10.3. The summed E-state index contributed by atoms with van der Waals surface area (Å²) in [7, 11) is 1.18. The van der Waals surface area contributed by atoms with Crippen molar-refractivity contribution in [3.63, 3.8) is 0 Å². The van der Waals surface area contributed by atoms with E-state index in [2.05, 4.69) is 50.3 Å². The van der Waals surface area contributed by atoms with Crippen molar-refractivity contribution in [2.45, 2.75) is 354 Å². The molecular weight excluding hydrogens is 1010 g/mol. The minimum Gasteiger partial charge on any atom is -0.756 e. The van der Waals surface area contributed by atoms with Gasteiger partial charge in [0.05, 0.1) is 27.7 Å². The second-order valence-corrected chi connectivity index (χ2v) is 26.3. The molecule has 0 aliphatic rings. The van der Waals surface area contributed by atoms with Crippen LogP contribution in [0.3, 0.4) is 0 Å². The second kappa shape index (κ2) is 61.8. The summed E-state index contributed by atoms with van der Waals surface area (Å²) in [5.41, 5.74) is 0. The van der Waals surface area contributed by atoms with Gasteiger partial charge in [0.2, 0.25) is 0 Å². The zero-order valence-electron chi connectivity index (χ0n) is 53.8. The molecule has 0 saturated heterocycles. The molecule has 0 heterocycles. The third-order valence-corrected chi connectivity index (χ3v) is 16.6. The first-order valence-corrected chi connectivity index (χ1v) is 36.2. The minimum absolute atomic E-state index is 0.0288. The first kappa shape index (κ1) is 78.2. The standard InChI is InChI=1S/C70H134NO8P/c1-6-8-10-12-14-16-18-20-22-24-26-28-30-32-33-34-35-36-37-39-40-42-44-46-48-50-52-54-56-58-60-62-69(72)76-66-68(67-78-80(74,75)77-65-64-71(3,4)5)79-70(73)63-61-59-57-55-53-51-49-47-45-43-41-38-31-29-27-25-23-21-19-17-15-13-11-9-7-2/h19,21,24-27,68H,6-18,20,22-23,28-67H2,1-5H3/b21-19-,26-24-,27-25-. The Morgan fingerprint density at radius 2 is 0.675 bits per heavy atom. The number of phosphoric acid groups is 1. The van der Waals surface area contributed by atoms with Crippen LogP contribution in [0.1, 0.15) is 348 Å². The van der Waals surface area contributed by atoms with Gasteiger partial charge in [0, 0.05) is 12.8 Å². The molecule has 0 aromatic heterocycles. The van der Waals surface area contributed by atoms with Crippen molar-refractivity contribution in [1.29, 1.82) is 0 Å². The molecule has 0 bridgehead atoms. The van der Waals surface area contributed by atoms with Gasteiger partial charge in [-0.25, -0.2) is 0 Å². The maximum absolute atomic E-state index is 12.8. The molecule has 9 nitrogen and oxygen atoms in total. The van der Waals surface area contributed by atoms with Gasteiger partial charge in [-0.2, -0.15) is 0 Å². The Hall–Kier alpha value is -1.77. The van der Waals surface area contributed by atoms with Crippen molar-refractivity contribution in [3.05, 3.63) is 36.5 Å². The van der Waals surface area contributed by atoms with Crippen LogP contribution in [0.5, 0.6) is 0 Å². The SMILES string of the molecule is CCCCCCC/C=C\C/C=C\CCCCCCCCCCCCCCCC(=O)OC(COC(=O)CCCCCCCCCCCCCCCCCCCCC/C=C\CCCCCCCCCC)COP(=O)([O-])OCC[N+](C)(C)C. The number of rotatable bonds is 65. The Labute approximate surface area is 497 Å². The molecule has 80 heavy (non-hydrogen) atoms. The molecule has 0 aliphatic carbocycles. The van der Waals surface area contributed by atoms with Crippen molar-refractivity contribution in [2.24, 2.45) is 0 Å². The van der Waals surface area contributed by atoms with Crippen molar-refractivity contribution >= 4 is 19.8 Å². The Balaban J connectivity index is 4.00. The van der Waals surface area contributed by atoms with E-state index in [1.165, 1.54) is 270 Å². The molecule has 0 saturated carbocycles. The number of nitrogens with zero attached hydrogens (tertiary/aromatic N) is 1. The lowest BCUT2D eigenvalue weighted by Crippen LogP contribution is -2.37. The maximum Gasteiger partial charge on any atom is 0.306 e. The average Bonchev–Trinajstić information content (AvgIpc) is 3.42. The quantitative estimate of drug-likeness (QED) is 0.0195. The predicted molar refractivity (Wildman–Crippen MR) is 342 cm³/mol. The van der Waals surface area contributed by atoms with E-state index in [-0.39, 0.29) is 32.0 Å². The summed E-state index contributed by atoms with van der Waals surface area (Å²) >= 11 is 0. The molecule has 10 heteroatoms. The molecule has 0 aromatic rings. The van der Waals surface area contributed by atoms with Crippen molar-refractivity contribution in [3.8, 4) is 0 Å². The van der Waals surface area contributed by atoms with Gasteiger partial charge in [0.1, 0.15) is 19.8 Å². The summed E-state index contributed by atoms with van der Waals surface area (Å²) in [5.74, 6) is -0.815. The largest absolute Gasteiger partial charge is 0.756 e. The van der Waals surface area contributed by atoms with Crippen LogP contribution >= 0.6 is 7.82 Å². The molecule has 0 spiro atoms. The van der Waals surface area contributed by atoms with Gasteiger partial charge in [-0.3, -0.25) is 14.2 Å². The van der Waals surface area contributed by atoms with E-state index in [9.17, 15) is 19.0 Å². The minimum atomic E-state index is -4.64. The predicted octanol–water partition coefficient (Wildman–Crippen LogP) is 21.6. The van der Waals surface area contributed by atoms with Crippen molar-refractivity contribution < 1.29 is 42.1 Å². The van der Waals surface area contributed by atoms with Gasteiger partial charge in [-0.15, -0.1) is 0 Å². The Kier molecular flexibility index (Phi) is 60.4. The molecule has 0 N–H and O–H groups in total. The molecule has 0 rings (SSSR count). The summed E-state index contributed by atoms with van der Waals surface area (Å²) in [6, 6.07) is 0. The number of carbonyl (C=O) groups excluding carboxylic acids is 2. The van der Waals surface area contributed by atoms with Crippen LogP contribution in [0.25, 0.3) is 0 Å². The van der Waals surface area contributed by atoms with Gasteiger partial charge in [-0.05, 0) is 70.6 Å². The third kappa shape index (κ3) is 65.4. The van der Waals surface area contributed by atoms with E-state index in [1.807, 2.05) is 21.1 Å². The fourth-order valence-corrected chi connectivity index (χ4v) is 11.0. The topological polar surface area (TPSA) is 111 Å². The Bertz CT molecular complexity index is 1440. The number of hydrogen-bond acceptors (Lipinski definition) is 8. The number of phosphoric ester groups is 1. The van der Waals surface area contributed by atoms with Crippen LogP contribution < -0.4 is 4.89 Å². The first-order valence-electron chi connectivity index (χ1n) is 34.7. The highest BCUT2D eigenvalue weighted by atomic mass is 31.2. The summed E-state index contributed by atoms with van der Waals surface area (Å²) in [6.45, 7) is 4.29. The molecular formula is C70H134NO8P. The van der Waals surface area contributed by atoms with E-state index in [0.29, 0.717) is 17.4 Å². The van der Waals surface area contributed by atoms with Gasteiger partial charge in [0.25, 0.3) is 7.82 Å². The molecule has 0 aromatic carbocycles. The highest BCUT2D eigenvalue weighted by Crippen LogP contribution is 2.38. The fraction of sp³-hybridized carbons (Fsp3) is 0.886. The normalized spacial score (nSPS) is 13.3. The van der Waals surface area contributed by atoms with Gasteiger partial charge < -0.3 is 27.9 Å². The summed E-state index contributed by atoms with van der Waals surface area (Å²) in [6.07, 6.45) is 78.0. The zero-order chi connectivity index (χ0) is 58.4. The molecule has 0 fully saturated rings. The summed E-state index contributed by atoms with van der Waals surface area (Å²) < 4.78 is 34.3. The number of unbranched alkanes of at least 4 members (excludes halogenated alkanes) is 45. The lowest BCUT2D eigenvalue weighted by molar-refractivity contribution is -0.870. The second-order valence-electron chi connectivity index (χ2n) is 24.9. The Morgan fingerprint density at radius 1 is 0.388 bits per heavy atom. The molecule has 0 aliphatic heterocycles. The van der Waals surface area contributed by atoms with Crippen LogP contribution in [-0.2, 0) is 32.7 Å². The van der Waals surface area contributed by atoms with E-state index in [1.54, 1.807) is 0 Å². The number of hydrogen-bond donors (Lipinski definition) is 0. The van der Waals surface area contributed by atoms with Crippen molar-refractivity contribution in [2.75, 3.05) is 47.5 Å². The summed E-state index contributed by atoms with van der Waals surface area (Å²) in [4.78, 5) is 38.0. The number of esters is 2. The third-order valence-electron chi connectivity index (χ3n) is 15.6. The maximum atomic E-state index is 12.8. The van der Waals surface area contributed by atoms with Gasteiger partial charge in [-0.1, -0.05) is 301 Å². The smallest absolute Gasteiger partial charge is 0.306 e. The molecule has 2 atom stereocenters. The number of allylic oxidation sites excluding steroid dienone is 6. The molecule has 472 valence electrons. The number of carbonyl (C=O) groups is 2. The van der Waals surface area contributed by atoms with Gasteiger partial charge >= 0.3 is 11.9 Å². The average molecular weight is 1150 g/mol. The highest BCUT2D eigenvalue weighted by molar-refractivity contribution is 7.45. The number of ether oxygens (including phenoxy) is 2. The van der Waals surface area contributed by atoms with E-state index >= 15 is 0 Å². The zero-order valence-corrected chi connectivity index (χ0v) is 54.7. The van der Waals surface area contributed by atoms with Gasteiger partial charge in [0.15, 0.2) is 6.10 Å². The lowest BCUT2D eigenvalue weighted by Gasteiger charge is -2.28. The van der Waals surface area contributed by atoms with E-state index in [0.717, 1.165) is 44.9 Å². The molecule has 2 unspecified atom stereocenters. The Morgan fingerprint density at radius 3 is 1.00 bits per heavy atom. The number of quaternary nitrogens is 1. The van der Waals surface area contributed by atoms with Crippen molar-refractivity contribution in [1.82, 2.24) is 0 Å². The summed E-state index contributed by atoms with van der Waals surface area (Å²) in [5, 5.41) is 0. The van der Waals surface area contributed by atoms with E-state index in [4.69, 9.17) is 18.5 Å². The van der Waals surface area contributed by atoms with Crippen LogP contribution in [0.2, 0.25) is 0 Å². The highest BCUT2D eigenvalue weighted by Gasteiger charge is 2.22. The molecule has 0 amide bonds. The molecule has 0 radical (unpaired) electrons. The monoisotopic (exact) mass is 1150 g/mol. The number of likely N-dealkylation sites (N-methyl/N-ethyl adjacent to an activating group) is 1. The van der Waals surface area contributed by atoms with Crippen LogP contribution in [-0.4, -0.2) is 70.0 Å². The van der Waals surface area contributed by atoms with Crippen LogP contribution in [0.15, 0.2) is 36.5 Å².